The molecule has 1 heterocycles. The first-order valence-electron chi connectivity index (χ1n) is 5.44. The summed E-state index contributed by atoms with van der Waals surface area (Å²) < 4.78 is 0. The largest absolute Gasteiger partial charge is 0.507 e. The Morgan fingerprint density at radius 1 is 1.44 bits per heavy atom. The molecule has 0 spiro atoms. The van der Waals surface area contributed by atoms with Crippen molar-refractivity contribution in [3.8, 4) is 5.75 Å². The molecule has 0 aliphatic carbocycles. The fourth-order valence-electron chi connectivity index (χ4n) is 2.10. The number of hydrogen-bond donors (Lipinski definition) is 2. The molecular formula is C12H15NO3. The SMILES string of the molecule is O=C(c1ccccc1O)N1CCC[C@H]1CO. The molecule has 2 rings (SSSR count). The van der Waals surface area contributed by atoms with Crippen LogP contribution in [0.2, 0.25) is 0 Å². The average Bonchev–Trinajstić information content (AvgIpc) is 2.77. The number of carbonyl (C=O) groups is 1. The highest BCUT2D eigenvalue weighted by Gasteiger charge is 2.29. The average molecular weight is 221 g/mol. The van der Waals surface area contributed by atoms with E-state index in [2.05, 4.69) is 0 Å². The van der Waals surface area contributed by atoms with Gasteiger partial charge in [-0.1, -0.05) is 12.1 Å². The number of rotatable bonds is 2. The zero-order chi connectivity index (χ0) is 11.5. The highest BCUT2D eigenvalue weighted by molar-refractivity contribution is 5.97. The first kappa shape index (κ1) is 11.0. The second-order valence-corrected chi connectivity index (χ2v) is 3.99. The number of phenolic OH excluding ortho intramolecular Hbond substituents is 1. The third-order valence-corrected chi connectivity index (χ3v) is 2.98. The van der Waals surface area contributed by atoms with Gasteiger partial charge in [-0.2, -0.15) is 0 Å². The van der Waals surface area contributed by atoms with Crippen LogP contribution in [0.1, 0.15) is 23.2 Å². The zero-order valence-corrected chi connectivity index (χ0v) is 8.97. The molecular weight excluding hydrogens is 206 g/mol. The summed E-state index contributed by atoms with van der Waals surface area (Å²) in [5.74, 6) is -0.203. The number of benzene rings is 1. The number of likely N-dealkylation sites (tertiary alicyclic amines) is 1. The van der Waals surface area contributed by atoms with Crippen LogP contribution in [0.4, 0.5) is 0 Å². The number of aromatic hydroxyl groups is 1. The Morgan fingerprint density at radius 3 is 2.88 bits per heavy atom. The van der Waals surface area contributed by atoms with Crippen LogP contribution >= 0.6 is 0 Å². The molecule has 1 saturated heterocycles. The predicted octanol–water partition coefficient (Wildman–Crippen LogP) is 0.989. The first-order chi connectivity index (χ1) is 7.74. The van der Waals surface area contributed by atoms with Gasteiger partial charge in [0.15, 0.2) is 0 Å². The summed E-state index contributed by atoms with van der Waals surface area (Å²) in [6, 6.07) is 6.39. The van der Waals surface area contributed by atoms with Gasteiger partial charge in [-0.15, -0.1) is 0 Å². The van der Waals surface area contributed by atoms with Crippen LogP contribution in [-0.2, 0) is 0 Å². The molecule has 1 aliphatic heterocycles. The van der Waals surface area contributed by atoms with Gasteiger partial charge in [0, 0.05) is 6.54 Å². The summed E-state index contributed by atoms with van der Waals surface area (Å²) in [6.45, 7) is 0.637. The van der Waals surface area contributed by atoms with Crippen molar-refractivity contribution < 1.29 is 15.0 Å². The van der Waals surface area contributed by atoms with Gasteiger partial charge in [0.25, 0.3) is 5.91 Å². The van der Waals surface area contributed by atoms with Crippen molar-refractivity contribution >= 4 is 5.91 Å². The third-order valence-electron chi connectivity index (χ3n) is 2.98. The number of phenols is 1. The number of amides is 1. The maximum absolute atomic E-state index is 12.1. The summed E-state index contributed by atoms with van der Waals surface area (Å²) >= 11 is 0. The molecule has 86 valence electrons. The maximum atomic E-state index is 12.1. The molecule has 1 aliphatic rings. The van der Waals surface area contributed by atoms with E-state index in [9.17, 15) is 9.90 Å². The Hall–Kier alpha value is -1.55. The highest BCUT2D eigenvalue weighted by Crippen LogP contribution is 2.23. The van der Waals surface area contributed by atoms with Gasteiger partial charge in [-0.25, -0.2) is 0 Å². The maximum Gasteiger partial charge on any atom is 0.257 e. The van der Waals surface area contributed by atoms with Crippen molar-refractivity contribution in [1.82, 2.24) is 4.90 Å². The van der Waals surface area contributed by atoms with E-state index in [0.29, 0.717) is 12.1 Å². The molecule has 16 heavy (non-hydrogen) atoms. The van der Waals surface area contributed by atoms with Crippen molar-refractivity contribution in [2.75, 3.05) is 13.2 Å². The molecule has 4 heteroatoms. The molecule has 2 N–H and O–H groups in total. The van der Waals surface area contributed by atoms with Crippen LogP contribution in [-0.4, -0.2) is 40.2 Å². The lowest BCUT2D eigenvalue weighted by Gasteiger charge is -2.23. The topological polar surface area (TPSA) is 60.8 Å². The predicted molar refractivity (Wildman–Crippen MR) is 59.3 cm³/mol. The van der Waals surface area contributed by atoms with E-state index < -0.39 is 0 Å². The van der Waals surface area contributed by atoms with Gasteiger partial charge in [-0.3, -0.25) is 4.79 Å². The Bertz CT molecular complexity index is 392. The van der Waals surface area contributed by atoms with Gasteiger partial charge >= 0.3 is 0 Å². The third kappa shape index (κ3) is 1.88. The van der Waals surface area contributed by atoms with Gasteiger partial charge in [0.05, 0.1) is 18.2 Å². The smallest absolute Gasteiger partial charge is 0.257 e. The van der Waals surface area contributed by atoms with E-state index in [1.807, 2.05) is 0 Å². The van der Waals surface area contributed by atoms with Gasteiger partial charge in [0.2, 0.25) is 0 Å². The van der Waals surface area contributed by atoms with E-state index in [-0.39, 0.29) is 24.3 Å². The lowest BCUT2D eigenvalue weighted by molar-refractivity contribution is 0.0674. The number of hydrogen-bond acceptors (Lipinski definition) is 3. The van der Waals surface area contributed by atoms with E-state index in [1.54, 1.807) is 23.1 Å². The quantitative estimate of drug-likeness (QED) is 0.783. The van der Waals surface area contributed by atoms with Gasteiger partial charge in [0.1, 0.15) is 5.75 Å². The van der Waals surface area contributed by atoms with Crippen LogP contribution in [0, 0.1) is 0 Å². The van der Waals surface area contributed by atoms with Crippen molar-refractivity contribution in [1.29, 1.82) is 0 Å². The minimum absolute atomic E-state index is 0.00362. The first-order valence-corrected chi connectivity index (χ1v) is 5.44. The van der Waals surface area contributed by atoms with E-state index in [4.69, 9.17) is 5.11 Å². The summed E-state index contributed by atoms with van der Waals surface area (Å²) in [7, 11) is 0. The molecule has 0 unspecified atom stereocenters. The van der Waals surface area contributed by atoms with E-state index in [1.165, 1.54) is 6.07 Å². The summed E-state index contributed by atoms with van der Waals surface area (Å²) in [4.78, 5) is 13.7. The van der Waals surface area contributed by atoms with Gasteiger partial charge in [-0.05, 0) is 25.0 Å². The standard InChI is InChI=1S/C12H15NO3/c14-8-9-4-3-7-13(9)12(16)10-5-1-2-6-11(10)15/h1-2,5-6,9,14-15H,3-4,7-8H2/t9-/m0/s1. The second-order valence-electron chi connectivity index (χ2n) is 3.99. The molecule has 0 saturated carbocycles. The second kappa shape index (κ2) is 4.53. The summed E-state index contributed by atoms with van der Waals surface area (Å²) in [5, 5.41) is 18.7. The molecule has 1 atom stereocenters. The monoisotopic (exact) mass is 221 g/mol. The minimum atomic E-state index is -0.199. The fraction of sp³-hybridized carbons (Fsp3) is 0.417. The van der Waals surface area contributed by atoms with Crippen molar-refractivity contribution in [3.05, 3.63) is 29.8 Å². The molecule has 0 bridgehead atoms. The number of carbonyl (C=O) groups excluding carboxylic acids is 1. The fourth-order valence-corrected chi connectivity index (χ4v) is 2.10. The van der Waals surface area contributed by atoms with Crippen LogP contribution < -0.4 is 0 Å². The van der Waals surface area contributed by atoms with Crippen LogP contribution in [0.5, 0.6) is 5.75 Å². The Labute approximate surface area is 94.1 Å². The Morgan fingerprint density at radius 2 is 2.19 bits per heavy atom. The van der Waals surface area contributed by atoms with Crippen molar-refractivity contribution in [2.45, 2.75) is 18.9 Å². The molecule has 0 radical (unpaired) electrons. The highest BCUT2D eigenvalue weighted by atomic mass is 16.3. The molecule has 1 aromatic rings. The summed E-state index contributed by atoms with van der Waals surface area (Å²) in [5.41, 5.74) is 0.308. The van der Waals surface area contributed by atoms with Gasteiger partial charge < -0.3 is 15.1 Å². The lowest BCUT2D eigenvalue weighted by atomic mass is 10.1. The Balaban J connectivity index is 2.22. The number of aliphatic hydroxyl groups is 1. The van der Waals surface area contributed by atoms with Crippen LogP contribution in [0.25, 0.3) is 0 Å². The van der Waals surface area contributed by atoms with Crippen LogP contribution in [0.15, 0.2) is 24.3 Å². The van der Waals surface area contributed by atoms with Crippen molar-refractivity contribution in [2.24, 2.45) is 0 Å². The zero-order valence-electron chi connectivity index (χ0n) is 8.97. The van der Waals surface area contributed by atoms with E-state index in [0.717, 1.165) is 12.8 Å². The molecule has 0 aromatic heterocycles. The molecule has 1 fully saturated rings. The normalized spacial score (nSPS) is 20.1. The van der Waals surface area contributed by atoms with Crippen LogP contribution in [0.3, 0.4) is 0 Å². The molecule has 1 amide bonds. The minimum Gasteiger partial charge on any atom is -0.507 e. The Kier molecular flexibility index (Phi) is 3.10. The number of nitrogens with zero attached hydrogens (tertiary/aromatic N) is 1. The number of para-hydroxylation sites is 1. The summed E-state index contributed by atoms with van der Waals surface area (Å²) in [6.07, 6.45) is 1.74. The molecule has 1 aromatic carbocycles. The lowest BCUT2D eigenvalue weighted by Crippen LogP contribution is -2.37. The van der Waals surface area contributed by atoms with E-state index >= 15 is 0 Å². The number of aliphatic hydroxyl groups excluding tert-OH is 1. The molecule has 4 nitrogen and oxygen atoms in total. The van der Waals surface area contributed by atoms with Crippen molar-refractivity contribution in [3.63, 3.8) is 0 Å².